The van der Waals surface area contributed by atoms with Crippen LogP contribution in [0.3, 0.4) is 0 Å². The molecule has 0 unspecified atom stereocenters. The van der Waals surface area contributed by atoms with Gasteiger partial charge in [-0.2, -0.15) is 0 Å². The van der Waals surface area contributed by atoms with Crippen LogP contribution in [0.4, 0.5) is 0 Å². The smallest absolute Gasteiger partial charge is 0.338 e. The van der Waals surface area contributed by atoms with Crippen LogP contribution in [-0.2, 0) is 9.47 Å². The zero-order valence-corrected chi connectivity index (χ0v) is 16.6. The first-order valence-electron chi connectivity index (χ1n) is 9.99. The highest BCUT2D eigenvalue weighted by Gasteiger charge is 2.24. The predicted octanol–water partition coefficient (Wildman–Crippen LogP) is 5.12. The summed E-state index contributed by atoms with van der Waals surface area (Å²) in [4.78, 5) is 24.2. The van der Waals surface area contributed by atoms with Gasteiger partial charge in [0.15, 0.2) is 0 Å². The number of hydrogen-bond donors (Lipinski definition) is 0. The standard InChI is InChI=1S/C24H28O4/c1-17-3-11-21(12-4-17)23(25)27-15-19-7-9-20(10-8-19)16-28-24(26)22-13-5-18(2)6-14-22/h3-6,11-14,19-20H,7-10,15-16H2,1-2H3. The maximum atomic E-state index is 12.1. The number of rotatable bonds is 6. The largest absolute Gasteiger partial charge is 0.462 e. The number of hydrogen-bond acceptors (Lipinski definition) is 4. The van der Waals surface area contributed by atoms with E-state index in [0.717, 1.165) is 36.8 Å². The third kappa shape index (κ3) is 5.69. The zero-order chi connectivity index (χ0) is 19.9. The van der Waals surface area contributed by atoms with Crippen molar-refractivity contribution in [2.24, 2.45) is 11.8 Å². The van der Waals surface area contributed by atoms with Crippen molar-refractivity contribution in [1.82, 2.24) is 0 Å². The van der Waals surface area contributed by atoms with Gasteiger partial charge in [0.25, 0.3) is 0 Å². The highest BCUT2D eigenvalue weighted by molar-refractivity contribution is 5.89. The quantitative estimate of drug-likeness (QED) is 0.653. The molecule has 0 bridgehead atoms. The Kier molecular flexibility index (Phi) is 6.85. The number of aryl methyl sites for hydroxylation is 2. The normalized spacial score (nSPS) is 19.1. The first kappa shape index (κ1) is 20.1. The lowest BCUT2D eigenvalue weighted by atomic mass is 9.83. The molecule has 2 aromatic rings. The molecule has 2 aromatic carbocycles. The highest BCUT2D eigenvalue weighted by atomic mass is 16.5. The van der Waals surface area contributed by atoms with Gasteiger partial charge in [-0.25, -0.2) is 9.59 Å². The summed E-state index contributed by atoms with van der Waals surface area (Å²) in [5.74, 6) is 0.264. The third-order valence-electron chi connectivity index (χ3n) is 5.44. The molecule has 0 aliphatic heterocycles. The van der Waals surface area contributed by atoms with Crippen LogP contribution in [0.15, 0.2) is 48.5 Å². The highest BCUT2D eigenvalue weighted by Crippen LogP contribution is 2.29. The van der Waals surface area contributed by atoms with E-state index in [1.54, 1.807) is 24.3 Å². The van der Waals surface area contributed by atoms with Crippen molar-refractivity contribution < 1.29 is 19.1 Å². The monoisotopic (exact) mass is 380 g/mol. The summed E-state index contributed by atoms with van der Waals surface area (Å²) in [6, 6.07) is 14.9. The maximum Gasteiger partial charge on any atom is 0.338 e. The fourth-order valence-electron chi connectivity index (χ4n) is 3.50. The van der Waals surface area contributed by atoms with E-state index in [0.29, 0.717) is 36.2 Å². The van der Waals surface area contributed by atoms with E-state index >= 15 is 0 Å². The Balaban J connectivity index is 1.36. The van der Waals surface area contributed by atoms with Crippen molar-refractivity contribution in [2.75, 3.05) is 13.2 Å². The molecule has 1 aliphatic carbocycles. The predicted molar refractivity (Wildman–Crippen MR) is 108 cm³/mol. The van der Waals surface area contributed by atoms with Crippen molar-refractivity contribution >= 4 is 11.9 Å². The molecular weight excluding hydrogens is 352 g/mol. The Bertz CT molecular complexity index is 715. The summed E-state index contributed by atoms with van der Waals surface area (Å²) in [6.45, 7) is 4.91. The van der Waals surface area contributed by atoms with Gasteiger partial charge in [-0.05, 0) is 75.6 Å². The second-order valence-electron chi connectivity index (χ2n) is 7.82. The molecule has 1 fully saturated rings. The van der Waals surface area contributed by atoms with Crippen molar-refractivity contribution in [3.05, 3.63) is 70.8 Å². The zero-order valence-electron chi connectivity index (χ0n) is 16.6. The maximum absolute atomic E-state index is 12.1. The van der Waals surface area contributed by atoms with Crippen LogP contribution in [0, 0.1) is 25.7 Å². The number of carbonyl (C=O) groups is 2. The molecule has 0 aromatic heterocycles. The lowest BCUT2D eigenvalue weighted by Gasteiger charge is -2.27. The second-order valence-corrected chi connectivity index (χ2v) is 7.82. The third-order valence-corrected chi connectivity index (χ3v) is 5.44. The number of carbonyl (C=O) groups excluding carboxylic acids is 2. The number of ether oxygens (including phenoxy) is 2. The fraction of sp³-hybridized carbons (Fsp3) is 0.417. The van der Waals surface area contributed by atoms with Gasteiger partial charge in [-0.1, -0.05) is 35.4 Å². The summed E-state index contributed by atoms with van der Waals surface area (Å²) < 4.78 is 11.0. The molecule has 1 aliphatic rings. The Morgan fingerprint density at radius 3 is 1.32 bits per heavy atom. The summed E-state index contributed by atoms with van der Waals surface area (Å²) in [5, 5.41) is 0. The van der Waals surface area contributed by atoms with Crippen LogP contribution in [0.1, 0.15) is 57.5 Å². The van der Waals surface area contributed by atoms with Gasteiger partial charge in [-0.3, -0.25) is 0 Å². The van der Waals surface area contributed by atoms with Gasteiger partial charge in [0.2, 0.25) is 0 Å². The van der Waals surface area contributed by atoms with E-state index in [1.807, 2.05) is 38.1 Å². The molecule has 4 heteroatoms. The van der Waals surface area contributed by atoms with Crippen LogP contribution in [0.25, 0.3) is 0 Å². The molecule has 28 heavy (non-hydrogen) atoms. The van der Waals surface area contributed by atoms with E-state index in [-0.39, 0.29) is 11.9 Å². The van der Waals surface area contributed by atoms with E-state index in [9.17, 15) is 9.59 Å². The van der Waals surface area contributed by atoms with Crippen LogP contribution >= 0.6 is 0 Å². The molecule has 0 spiro atoms. The molecule has 148 valence electrons. The van der Waals surface area contributed by atoms with Gasteiger partial charge in [0, 0.05) is 0 Å². The molecule has 0 N–H and O–H groups in total. The van der Waals surface area contributed by atoms with Crippen LogP contribution < -0.4 is 0 Å². The summed E-state index contributed by atoms with van der Waals surface area (Å²) in [6.07, 6.45) is 3.98. The first-order valence-corrected chi connectivity index (χ1v) is 9.99. The first-order chi connectivity index (χ1) is 13.5. The SMILES string of the molecule is Cc1ccc(C(=O)OCC2CCC(COC(=O)c3ccc(C)cc3)CC2)cc1. The van der Waals surface area contributed by atoms with Gasteiger partial charge < -0.3 is 9.47 Å². The average molecular weight is 380 g/mol. The minimum absolute atomic E-state index is 0.255. The number of esters is 2. The molecule has 0 radical (unpaired) electrons. The van der Waals surface area contributed by atoms with Crippen LogP contribution in [-0.4, -0.2) is 25.2 Å². The summed E-state index contributed by atoms with van der Waals surface area (Å²) in [5.41, 5.74) is 3.44. The lowest BCUT2D eigenvalue weighted by molar-refractivity contribution is 0.0297. The van der Waals surface area contributed by atoms with E-state index in [1.165, 1.54) is 0 Å². The van der Waals surface area contributed by atoms with E-state index in [2.05, 4.69) is 0 Å². The molecule has 1 saturated carbocycles. The van der Waals surface area contributed by atoms with Gasteiger partial charge in [0.1, 0.15) is 0 Å². The Morgan fingerprint density at radius 1 is 0.679 bits per heavy atom. The molecular formula is C24H28O4. The number of benzene rings is 2. The Labute approximate surface area is 166 Å². The summed E-state index contributed by atoms with van der Waals surface area (Å²) >= 11 is 0. The van der Waals surface area contributed by atoms with Crippen LogP contribution in [0.2, 0.25) is 0 Å². The molecule has 4 nitrogen and oxygen atoms in total. The molecule has 0 saturated heterocycles. The molecule has 0 heterocycles. The fourth-order valence-corrected chi connectivity index (χ4v) is 3.50. The van der Waals surface area contributed by atoms with Crippen molar-refractivity contribution in [3.8, 4) is 0 Å². The topological polar surface area (TPSA) is 52.6 Å². The molecule has 0 atom stereocenters. The Hall–Kier alpha value is -2.62. The summed E-state index contributed by atoms with van der Waals surface area (Å²) in [7, 11) is 0. The van der Waals surface area contributed by atoms with Crippen molar-refractivity contribution in [1.29, 1.82) is 0 Å². The second kappa shape index (κ2) is 9.54. The van der Waals surface area contributed by atoms with Gasteiger partial charge in [0.05, 0.1) is 24.3 Å². The van der Waals surface area contributed by atoms with E-state index < -0.39 is 0 Å². The van der Waals surface area contributed by atoms with Crippen molar-refractivity contribution in [3.63, 3.8) is 0 Å². The minimum atomic E-state index is -0.255. The lowest BCUT2D eigenvalue weighted by Crippen LogP contribution is -2.24. The molecule has 0 amide bonds. The van der Waals surface area contributed by atoms with Gasteiger partial charge >= 0.3 is 11.9 Å². The van der Waals surface area contributed by atoms with Crippen LogP contribution in [0.5, 0.6) is 0 Å². The van der Waals surface area contributed by atoms with E-state index in [4.69, 9.17) is 9.47 Å². The molecule has 3 rings (SSSR count). The van der Waals surface area contributed by atoms with Gasteiger partial charge in [-0.15, -0.1) is 0 Å². The average Bonchev–Trinajstić information content (AvgIpc) is 2.72. The Morgan fingerprint density at radius 2 is 1.00 bits per heavy atom. The minimum Gasteiger partial charge on any atom is -0.462 e. The van der Waals surface area contributed by atoms with Crippen molar-refractivity contribution in [2.45, 2.75) is 39.5 Å².